The fraction of sp³-hybridized carbons (Fsp3) is 0.625. The summed E-state index contributed by atoms with van der Waals surface area (Å²) >= 11 is 0. The average Bonchev–Trinajstić information content (AvgIpc) is 2.64. The molecule has 14 heavy (non-hydrogen) atoms. The Labute approximate surface area is 78.7 Å². The van der Waals surface area contributed by atoms with Crippen LogP contribution in [-0.4, -0.2) is 34.6 Å². The fourth-order valence-electron chi connectivity index (χ4n) is 2.16. The van der Waals surface area contributed by atoms with E-state index in [2.05, 4.69) is 4.94 Å². The van der Waals surface area contributed by atoms with Gasteiger partial charge in [-0.1, -0.05) is 0 Å². The summed E-state index contributed by atoms with van der Waals surface area (Å²) in [6, 6.07) is 0. The first-order chi connectivity index (χ1) is 6.60. The highest BCUT2D eigenvalue weighted by molar-refractivity contribution is 6.02. The summed E-state index contributed by atoms with van der Waals surface area (Å²) in [6.45, 7) is -0.103. The number of hydrogen-bond donors (Lipinski definition) is 0. The van der Waals surface area contributed by atoms with E-state index in [1.54, 1.807) is 0 Å². The average molecular weight is 201 g/mol. The molecule has 2 heterocycles. The molecule has 0 aromatic carbocycles. The predicted molar refractivity (Wildman–Crippen MR) is 40.5 cm³/mol. The van der Waals surface area contributed by atoms with E-state index in [9.17, 15) is 18.9 Å². The van der Waals surface area contributed by atoms with Gasteiger partial charge in [0.2, 0.25) is 5.91 Å². The SMILES string of the molecule is O=C1CN2C(=O)CCC2(C(=O)OF)C1. The zero-order chi connectivity index (χ0) is 10.3. The van der Waals surface area contributed by atoms with E-state index in [1.807, 2.05) is 0 Å². The van der Waals surface area contributed by atoms with Crippen molar-refractivity contribution in [3.63, 3.8) is 0 Å². The van der Waals surface area contributed by atoms with E-state index in [-0.39, 0.29) is 37.5 Å². The Morgan fingerprint density at radius 3 is 2.86 bits per heavy atom. The van der Waals surface area contributed by atoms with Crippen LogP contribution in [-0.2, 0) is 19.3 Å². The molecule has 1 unspecified atom stereocenters. The lowest BCUT2D eigenvalue weighted by molar-refractivity contribution is -0.196. The Kier molecular flexibility index (Phi) is 1.80. The number of carbonyl (C=O) groups is 3. The van der Waals surface area contributed by atoms with Crippen LogP contribution < -0.4 is 0 Å². The first-order valence-corrected chi connectivity index (χ1v) is 4.25. The normalized spacial score (nSPS) is 30.8. The van der Waals surface area contributed by atoms with E-state index >= 15 is 0 Å². The third kappa shape index (κ3) is 0.964. The lowest BCUT2D eigenvalue weighted by Gasteiger charge is -2.25. The van der Waals surface area contributed by atoms with Crippen molar-refractivity contribution >= 4 is 17.7 Å². The quantitative estimate of drug-likeness (QED) is 0.586. The second-order valence-corrected chi connectivity index (χ2v) is 3.59. The van der Waals surface area contributed by atoms with Crippen LogP contribution in [0.25, 0.3) is 0 Å². The van der Waals surface area contributed by atoms with Gasteiger partial charge in [-0.25, -0.2) is 4.79 Å². The molecule has 1 amide bonds. The van der Waals surface area contributed by atoms with Gasteiger partial charge in [0.05, 0.1) is 6.54 Å². The molecule has 2 fully saturated rings. The maximum atomic E-state index is 11.8. The number of carbonyl (C=O) groups excluding carboxylic acids is 3. The summed E-state index contributed by atoms with van der Waals surface area (Å²) in [5.74, 6) is -1.65. The molecule has 6 heteroatoms. The van der Waals surface area contributed by atoms with Crippen molar-refractivity contribution in [3.8, 4) is 0 Å². The molecule has 1 atom stereocenters. The molecule has 0 spiro atoms. The lowest BCUT2D eigenvalue weighted by atomic mass is 9.94. The zero-order valence-corrected chi connectivity index (χ0v) is 7.29. The van der Waals surface area contributed by atoms with Crippen molar-refractivity contribution in [1.29, 1.82) is 0 Å². The minimum absolute atomic E-state index is 0.103. The molecule has 2 aliphatic heterocycles. The van der Waals surface area contributed by atoms with E-state index in [4.69, 9.17) is 0 Å². The standard InChI is InChI=1S/C8H8FNO4/c9-14-7(13)8-2-1-6(12)10(8)4-5(11)3-8/h1-4H2. The number of nitrogens with zero attached hydrogens (tertiary/aromatic N) is 1. The molecule has 0 saturated carbocycles. The number of amides is 1. The number of ketones is 1. The molecule has 76 valence electrons. The summed E-state index contributed by atoms with van der Waals surface area (Å²) in [7, 11) is 0. The number of rotatable bonds is 1. The van der Waals surface area contributed by atoms with Gasteiger partial charge < -0.3 is 4.90 Å². The summed E-state index contributed by atoms with van der Waals surface area (Å²) in [4.78, 5) is 37.8. The molecule has 2 rings (SSSR count). The third-order valence-corrected chi connectivity index (χ3v) is 2.84. The van der Waals surface area contributed by atoms with Crippen LogP contribution in [0.1, 0.15) is 19.3 Å². The van der Waals surface area contributed by atoms with Gasteiger partial charge in [0.15, 0.2) is 11.3 Å². The third-order valence-electron chi connectivity index (χ3n) is 2.84. The smallest absolute Gasteiger partial charge is 0.318 e. The molecule has 5 nitrogen and oxygen atoms in total. The Hall–Kier alpha value is -1.46. The highest BCUT2D eigenvalue weighted by Crippen LogP contribution is 2.39. The predicted octanol–water partition coefficient (Wildman–Crippen LogP) is -0.252. The summed E-state index contributed by atoms with van der Waals surface area (Å²) in [6.07, 6.45) is 0.212. The summed E-state index contributed by atoms with van der Waals surface area (Å²) in [5.41, 5.74) is -1.34. The first-order valence-electron chi connectivity index (χ1n) is 4.25. The van der Waals surface area contributed by atoms with Crippen molar-refractivity contribution in [2.45, 2.75) is 24.8 Å². The lowest BCUT2D eigenvalue weighted by Crippen LogP contribution is -2.47. The minimum Gasteiger partial charge on any atom is -0.318 e. The maximum Gasteiger partial charge on any atom is 0.374 e. The first kappa shape index (κ1) is 9.11. The van der Waals surface area contributed by atoms with Gasteiger partial charge in [-0.05, 0) is 6.42 Å². The van der Waals surface area contributed by atoms with Crippen LogP contribution in [0.4, 0.5) is 4.53 Å². The van der Waals surface area contributed by atoms with Crippen LogP contribution in [0.3, 0.4) is 0 Å². The molecule has 0 aliphatic carbocycles. The van der Waals surface area contributed by atoms with Gasteiger partial charge in [-0.2, -0.15) is 0 Å². The van der Waals surface area contributed by atoms with Gasteiger partial charge >= 0.3 is 5.97 Å². The van der Waals surface area contributed by atoms with Crippen molar-refractivity contribution in [2.75, 3.05) is 6.54 Å². The molecular formula is C8H8FNO4. The molecule has 2 saturated heterocycles. The molecule has 0 bridgehead atoms. The number of hydrogen-bond acceptors (Lipinski definition) is 4. The molecule has 0 aromatic heterocycles. The fourth-order valence-corrected chi connectivity index (χ4v) is 2.16. The molecule has 0 aromatic rings. The molecule has 0 radical (unpaired) electrons. The van der Waals surface area contributed by atoms with E-state index in [1.165, 1.54) is 0 Å². The van der Waals surface area contributed by atoms with Crippen molar-refractivity contribution < 1.29 is 23.9 Å². The molecule has 0 N–H and O–H groups in total. The van der Waals surface area contributed by atoms with Gasteiger partial charge in [0.25, 0.3) is 0 Å². The number of halogens is 1. The largest absolute Gasteiger partial charge is 0.374 e. The van der Waals surface area contributed by atoms with Crippen LogP contribution in [0.2, 0.25) is 0 Å². The second kappa shape index (κ2) is 2.76. The van der Waals surface area contributed by atoms with Crippen LogP contribution in [0.5, 0.6) is 0 Å². The van der Waals surface area contributed by atoms with E-state index in [0.717, 1.165) is 4.90 Å². The van der Waals surface area contributed by atoms with Crippen LogP contribution in [0.15, 0.2) is 0 Å². The van der Waals surface area contributed by atoms with Crippen molar-refractivity contribution in [2.24, 2.45) is 0 Å². The monoisotopic (exact) mass is 201 g/mol. The highest BCUT2D eigenvalue weighted by Gasteiger charge is 2.58. The molecular weight excluding hydrogens is 193 g/mol. The van der Waals surface area contributed by atoms with Gasteiger partial charge in [-0.3, -0.25) is 14.5 Å². The van der Waals surface area contributed by atoms with E-state index in [0.29, 0.717) is 0 Å². The van der Waals surface area contributed by atoms with Crippen molar-refractivity contribution in [1.82, 2.24) is 4.90 Å². The maximum absolute atomic E-state index is 11.8. The number of fused-ring (bicyclic) bond motifs is 1. The highest BCUT2D eigenvalue weighted by atomic mass is 19.3. The van der Waals surface area contributed by atoms with Crippen molar-refractivity contribution in [3.05, 3.63) is 0 Å². The van der Waals surface area contributed by atoms with Crippen LogP contribution in [0, 0.1) is 0 Å². The minimum atomic E-state index is -1.34. The Bertz CT molecular complexity index is 329. The Morgan fingerprint density at radius 2 is 2.21 bits per heavy atom. The zero-order valence-electron chi connectivity index (χ0n) is 7.29. The van der Waals surface area contributed by atoms with Gasteiger partial charge in [0.1, 0.15) is 0 Å². The Morgan fingerprint density at radius 1 is 1.50 bits per heavy atom. The van der Waals surface area contributed by atoms with Gasteiger partial charge in [-0.15, -0.1) is 0 Å². The molecule has 2 aliphatic rings. The van der Waals surface area contributed by atoms with E-state index < -0.39 is 11.5 Å². The summed E-state index contributed by atoms with van der Waals surface area (Å²) in [5, 5.41) is 0. The summed E-state index contributed by atoms with van der Waals surface area (Å²) < 4.78 is 11.8. The second-order valence-electron chi connectivity index (χ2n) is 3.59. The van der Waals surface area contributed by atoms with Gasteiger partial charge in [0, 0.05) is 17.4 Å². The topological polar surface area (TPSA) is 63.7 Å². The number of Topliss-reactive ketones (excluding diaryl/α,β-unsaturated/α-hetero) is 1. The van der Waals surface area contributed by atoms with Crippen LogP contribution >= 0.6 is 0 Å². The Balaban J connectivity index is 2.36.